The summed E-state index contributed by atoms with van der Waals surface area (Å²) < 4.78 is 16.5. The van der Waals surface area contributed by atoms with Gasteiger partial charge in [0.2, 0.25) is 5.91 Å². The number of carbonyl (C=O) groups is 1. The van der Waals surface area contributed by atoms with Crippen molar-refractivity contribution in [3.8, 4) is 0 Å². The van der Waals surface area contributed by atoms with Gasteiger partial charge in [-0.25, -0.2) is 8.91 Å². The lowest BCUT2D eigenvalue weighted by Gasteiger charge is -2.12. The van der Waals surface area contributed by atoms with Crippen LogP contribution in [0.15, 0.2) is 53.3 Å². The fourth-order valence-corrected chi connectivity index (χ4v) is 3.16. The second-order valence-corrected chi connectivity index (χ2v) is 6.47. The predicted molar refractivity (Wildman–Crippen MR) is 101 cm³/mol. The van der Waals surface area contributed by atoms with Gasteiger partial charge in [0.1, 0.15) is 18.0 Å². The molecule has 1 amide bonds. The molecule has 0 unspecified atom stereocenters. The Morgan fingerprint density at radius 1 is 1.15 bits per heavy atom. The normalized spacial score (nSPS) is 11.2. The Morgan fingerprint density at radius 3 is 2.74 bits per heavy atom. The Bertz CT molecular complexity index is 1260. The zero-order valence-electron chi connectivity index (χ0n) is 14.9. The first-order chi connectivity index (χ1) is 12.9. The lowest BCUT2D eigenvalue weighted by atomic mass is 10.2. The van der Waals surface area contributed by atoms with Gasteiger partial charge in [0.15, 0.2) is 0 Å². The average Bonchev–Trinajstić information content (AvgIpc) is 3.03. The van der Waals surface area contributed by atoms with Crippen LogP contribution in [-0.4, -0.2) is 20.1 Å². The molecule has 2 aromatic carbocycles. The molecule has 27 heavy (non-hydrogen) atoms. The Labute approximate surface area is 153 Å². The highest BCUT2D eigenvalue weighted by Crippen LogP contribution is 2.17. The highest BCUT2D eigenvalue weighted by atomic mass is 19.1. The second kappa shape index (κ2) is 6.35. The van der Waals surface area contributed by atoms with Crippen LogP contribution in [0.4, 0.5) is 10.1 Å². The molecule has 136 valence electrons. The van der Waals surface area contributed by atoms with Crippen molar-refractivity contribution in [1.29, 1.82) is 0 Å². The SMILES string of the molecule is Cc1cc2n(CC(=O)Nc3cc(F)ccc3C)c(=O)c3ccccc3n2n1. The fourth-order valence-electron chi connectivity index (χ4n) is 3.16. The molecule has 0 atom stereocenters. The molecule has 6 nitrogen and oxygen atoms in total. The van der Waals surface area contributed by atoms with Crippen LogP contribution in [0, 0.1) is 19.7 Å². The molecule has 0 aliphatic rings. The van der Waals surface area contributed by atoms with Crippen molar-refractivity contribution in [2.45, 2.75) is 20.4 Å². The summed E-state index contributed by atoms with van der Waals surface area (Å²) >= 11 is 0. The van der Waals surface area contributed by atoms with E-state index in [1.807, 2.05) is 19.1 Å². The minimum Gasteiger partial charge on any atom is -0.324 e. The van der Waals surface area contributed by atoms with Crippen LogP contribution >= 0.6 is 0 Å². The number of amides is 1. The van der Waals surface area contributed by atoms with Crippen LogP contribution in [0.3, 0.4) is 0 Å². The molecule has 4 rings (SSSR count). The first kappa shape index (κ1) is 17.0. The number of hydrogen-bond acceptors (Lipinski definition) is 3. The molecule has 0 fully saturated rings. The topological polar surface area (TPSA) is 68.4 Å². The number of anilines is 1. The van der Waals surface area contributed by atoms with E-state index < -0.39 is 11.7 Å². The maximum atomic E-state index is 13.5. The molecular formula is C20H17FN4O2. The number of benzene rings is 2. The number of para-hydroxylation sites is 1. The van der Waals surface area contributed by atoms with Crippen LogP contribution in [-0.2, 0) is 11.3 Å². The van der Waals surface area contributed by atoms with E-state index in [9.17, 15) is 14.0 Å². The van der Waals surface area contributed by atoms with Gasteiger partial charge >= 0.3 is 0 Å². The van der Waals surface area contributed by atoms with Crippen LogP contribution in [0.2, 0.25) is 0 Å². The summed E-state index contributed by atoms with van der Waals surface area (Å²) in [6.45, 7) is 3.40. The molecular weight excluding hydrogens is 347 g/mol. The zero-order valence-corrected chi connectivity index (χ0v) is 14.9. The molecule has 0 bridgehead atoms. The standard InChI is InChI=1S/C20H17FN4O2/c1-12-7-8-14(21)10-16(12)22-18(26)11-24-19-9-13(2)23-25(19)17-6-4-3-5-15(17)20(24)27/h3-10H,11H2,1-2H3,(H,22,26). The van der Waals surface area contributed by atoms with Crippen molar-refractivity contribution < 1.29 is 9.18 Å². The van der Waals surface area contributed by atoms with Gasteiger partial charge in [0, 0.05) is 11.8 Å². The molecule has 2 aromatic heterocycles. The van der Waals surface area contributed by atoms with E-state index in [4.69, 9.17) is 0 Å². The van der Waals surface area contributed by atoms with Crippen molar-refractivity contribution >= 4 is 28.1 Å². The van der Waals surface area contributed by atoms with Crippen LogP contribution in [0.25, 0.3) is 16.6 Å². The van der Waals surface area contributed by atoms with E-state index in [2.05, 4.69) is 10.4 Å². The van der Waals surface area contributed by atoms with Crippen molar-refractivity contribution in [3.63, 3.8) is 0 Å². The summed E-state index contributed by atoms with van der Waals surface area (Å²) in [6, 6.07) is 13.1. The first-order valence-electron chi connectivity index (χ1n) is 8.48. The molecule has 2 heterocycles. The number of aryl methyl sites for hydroxylation is 2. The van der Waals surface area contributed by atoms with Crippen molar-refractivity contribution in [1.82, 2.24) is 14.2 Å². The van der Waals surface area contributed by atoms with Crippen molar-refractivity contribution in [3.05, 3.63) is 76.0 Å². The lowest BCUT2D eigenvalue weighted by molar-refractivity contribution is -0.116. The Balaban J connectivity index is 1.79. The minimum absolute atomic E-state index is 0.200. The third kappa shape index (κ3) is 2.97. The zero-order chi connectivity index (χ0) is 19.1. The minimum atomic E-state index is -0.437. The molecule has 0 saturated heterocycles. The van der Waals surface area contributed by atoms with Gasteiger partial charge in [-0.2, -0.15) is 5.10 Å². The molecule has 0 spiro atoms. The summed E-state index contributed by atoms with van der Waals surface area (Å²) in [5, 5.41) is 7.59. The van der Waals surface area contributed by atoms with Gasteiger partial charge in [0.25, 0.3) is 5.56 Å². The number of carbonyl (C=O) groups excluding carboxylic acids is 1. The summed E-state index contributed by atoms with van der Waals surface area (Å²) in [5.74, 6) is -0.852. The number of nitrogens with one attached hydrogen (secondary N) is 1. The first-order valence-corrected chi connectivity index (χ1v) is 8.48. The lowest BCUT2D eigenvalue weighted by Crippen LogP contribution is -2.29. The highest BCUT2D eigenvalue weighted by molar-refractivity contribution is 5.92. The summed E-state index contributed by atoms with van der Waals surface area (Å²) in [7, 11) is 0. The summed E-state index contributed by atoms with van der Waals surface area (Å²) in [5.41, 5.74) is 2.80. The predicted octanol–water partition coefficient (Wildman–Crippen LogP) is 3.04. The molecule has 0 radical (unpaired) electrons. The largest absolute Gasteiger partial charge is 0.324 e. The summed E-state index contributed by atoms with van der Waals surface area (Å²) in [4.78, 5) is 25.5. The van der Waals surface area contributed by atoms with E-state index in [1.165, 1.54) is 16.7 Å². The van der Waals surface area contributed by atoms with Gasteiger partial charge in [-0.1, -0.05) is 18.2 Å². The summed E-state index contributed by atoms with van der Waals surface area (Å²) in [6.07, 6.45) is 0. The molecule has 1 N–H and O–H groups in total. The van der Waals surface area contributed by atoms with E-state index in [0.29, 0.717) is 22.2 Å². The van der Waals surface area contributed by atoms with E-state index >= 15 is 0 Å². The number of halogens is 1. The molecule has 0 aliphatic heterocycles. The number of aromatic nitrogens is 3. The smallest absolute Gasteiger partial charge is 0.262 e. The van der Waals surface area contributed by atoms with Crippen LogP contribution < -0.4 is 10.9 Å². The second-order valence-electron chi connectivity index (χ2n) is 6.47. The Hall–Kier alpha value is -3.48. The van der Waals surface area contributed by atoms with Gasteiger partial charge in [-0.3, -0.25) is 14.2 Å². The van der Waals surface area contributed by atoms with Gasteiger partial charge in [-0.15, -0.1) is 0 Å². The van der Waals surface area contributed by atoms with Gasteiger partial charge in [-0.05, 0) is 43.7 Å². The third-order valence-corrected chi connectivity index (χ3v) is 4.47. The maximum absolute atomic E-state index is 13.5. The fraction of sp³-hybridized carbons (Fsp3) is 0.150. The average molecular weight is 364 g/mol. The van der Waals surface area contributed by atoms with Crippen molar-refractivity contribution in [2.75, 3.05) is 5.32 Å². The van der Waals surface area contributed by atoms with Gasteiger partial charge in [0.05, 0.1) is 16.6 Å². The molecule has 0 saturated carbocycles. The third-order valence-electron chi connectivity index (χ3n) is 4.47. The number of nitrogens with zero attached hydrogens (tertiary/aromatic N) is 3. The van der Waals surface area contributed by atoms with Gasteiger partial charge < -0.3 is 5.32 Å². The molecule has 0 aliphatic carbocycles. The number of fused-ring (bicyclic) bond motifs is 3. The van der Waals surface area contributed by atoms with Crippen LogP contribution in [0.5, 0.6) is 0 Å². The number of rotatable bonds is 3. The Kier molecular flexibility index (Phi) is 3.99. The van der Waals surface area contributed by atoms with Crippen molar-refractivity contribution in [2.24, 2.45) is 0 Å². The van der Waals surface area contributed by atoms with E-state index in [0.717, 1.165) is 11.3 Å². The number of hydrogen-bond donors (Lipinski definition) is 1. The maximum Gasteiger partial charge on any atom is 0.262 e. The van der Waals surface area contributed by atoms with E-state index in [1.54, 1.807) is 35.7 Å². The molecule has 7 heteroatoms. The van der Waals surface area contributed by atoms with Crippen LogP contribution in [0.1, 0.15) is 11.3 Å². The quantitative estimate of drug-likeness (QED) is 0.608. The van der Waals surface area contributed by atoms with E-state index in [-0.39, 0.29) is 12.1 Å². The Morgan fingerprint density at radius 2 is 1.93 bits per heavy atom. The highest BCUT2D eigenvalue weighted by Gasteiger charge is 2.15. The molecule has 4 aromatic rings. The monoisotopic (exact) mass is 364 g/mol.